The fraction of sp³-hybridized carbons (Fsp3) is 0.381. The number of carbonyl (C=O) groups excluding carboxylic acids is 2. The maximum Gasteiger partial charge on any atom is 0.340 e. The van der Waals surface area contributed by atoms with Gasteiger partial charge >= 0.3 is 11.9 Å². The molecule has 1 heterocycles. The lowest BCUT2D eigenvalue weighted by Gasteiger charge is -2.18. The van der Waals surface area contributed by atoms with Crippen molar-refractivity contribution >= 4 is 17.6 Å². The number of aliphatic hydroxyl groups excluding tert-OH is 1. The largest absolute Gasteiger partial charge is 0.460 e. The number of nitrogens with zero attached hydrogens (tertiary/aromatic N) is 2. The molecule has 0 unspecified atom stereocenters. The van der Waals surface area contributed by atoms with E-state index in [0.717, 1.165) is 0 Å². The quantitative estimate of drug-likeness (QED) is 0.410. The zero-order valence-electron chi connectivity index (χ0n) is 16.6. The summed E-state index contributed by atoms with van der Waals surface area (Å²) >= 11 is 0. The Morgan fingerprint density at radius 2 is 1.77 bits per heavy atom. The van der Waals surface area contributed by atoms with Crippen molar-refractivity contribution in [2.45, 2.75) is 41.2 Å². The lowest BCUT2D eigenvalue weighted by molar-refractivity contribution is -0.384. The van der Waals surface area contributed by atoms with Crippen molar-refractivity contribution in [3.8, 4) is 11.1 Å². The topological polar surface area (TPSA) is 129 Å². The highest BCUT2D eigenvalue weighted by Gasteiger charge is 2.29. The Bertz CT molecular complexity index is 955. The first kappa shape index (κ1) is 24.7. The third-order valence-corrected chi connectivity index (χ3v) is 3.98. The molecule has 0 spiro atoms. The average Bonchev–Trinajstić information content (AvgIpc) is 2.64. The van der Waals surface area contributed by atoms with E-state index in [1.54, 1.807) is 33.8 Å². The van der Waals surface area contributed by atoms with Crippen molar-refractivity contribution in [2.75, 3.05) is 13.2 Å². The summed E-state index contributed by atoms with van der Waals surface area (Å²) < 4.78 is 10.3. The smallest absolute Gasteiger partial charge is 0.340 e. The molecule has 0 radical (unpaired) electrons. The number of hydrogen-bond donors (Lipinski definition) is 1. The summed E-state index contributed by atoms with van der Waals surface area (Å²) in [4.78, 5) is 40.4. The zero-order valence-corrected chi connectivity index (χ0v) is 16.6. The minimum absolute atomic E-state index is 0. The molecule has 0 atom stereocenters. The van der Waals surface area contributed by atoms with Gasteiger partial charge in [0.15, 0.2) is 0 Å². The number of ether oxygens (including phenoxy) is 2. The molecule has 0 saturated heterocycles. The van der Waals surface area contributed by atoms with Crippen LogP contribution in [0.3, 0.4) is 0 Å². The summed E-state index contributed by atoms with van der Waals surface area (Å²) in [5.74, 6) is -1.51. The number of carbonyl (C=O) groups is 2. The lowest BCUT2D eigenvalue weighted by Crippen LogP contribution is -2.20. The number of esters is 2. The van der Waals surface area contributed by atoms with E-state index in [4.69, 9.17) is 14.6 Å². The summed E-state index contributed by atoms with van der Waals surface area (Å²) in [6.07, 6.45) is -0.425. The number of aliphatic hydroxyl groups is 1. The Morgan fingerprint density at radius 3 is 2.30 bits per heavy atom. The Hall–Kier alpha value is -3.33. The van der Waals surface area contributed by atoms with E-state index in [-0.39, 0.29) is 54.3 Å². The number of pyridine rings is 1. The van der Waals surface area contributed by atoms with Crippen molar-refractivity contribution in [2.24, 2.45) is 0 Å². The molecule has 0 aliphatic rings. The fourth-order valence-corrected chi connectivity index (χ4v) is 2.90. The van der Waals surface area contributed by atoms with Gasteiger partial charge in [0.05, 0.1) is 40.1 Å². The van der Waals surface area contributed by atoms with Crippen LogP contribution in [0.1, 0.15) is 53.4 Å². The molecule has 9 heteroatoms. The molecule has 162 valence electrons. The Balaban J connectivity index is 0.00000450. The Kier molecular flexibility index (Phi) is 8.60. The van der Waals surface area contributed by atoms with E-state index in [9.17, 15) is 19.7 Å². The summed E-state index contributed by atoms with van der Waals surface area (Å²) in [7, 11) is 0. The molecule has 0 bridgehead atoms. The van der Waals surface area contributed by atoms with Gasteiger partial charge in [0.1, 0.15) is 6.61 Å². The second-order valence-corrected chi connectivity index (χ2v) is 6.53. The first-order valence-electron chi connectivity index (χ1n) is 8.92. The van der Waals surface area contributed by atoms with Crippen LogP contribution < -0.4 is 0 Å². The van der Waals surface area contributed by atoms with Gasteiger partial charge in [-0.2, -0.15) is 0 Å². The molecule has 2 aromatic rings. The monoisotopic (exact) mass is 418 g/mol. The maximum atomic E-state index is 12.8. The molecule has 0 aliphatic heterocycles. The molecule has 1 aromatic heterocycles. The van der Waals surface area contributed by atoms with Gasteiger partial charge in [0.25, 0.3) is 5.69 Å². The SMILES string of the molecule is C.Cc1nc(C)c(C(=O)OC(C)C)c(-c2cccc([N+](=O)[O-])c2)c1C(=O)OCCO. The second-order valence-electron chi connectivity index (χ2n) is 6.53. The van der Waals surface area contributed by atoms with Crippen LogP contribution in [0.4, 0.5) is 5.69 Å². The van der Waals surface area contributed by atoms with E-state index in [0.29, 0.717) is 5.69 Å². The van der Waals surface area contributed by atoms with Crippen LogP contribution in [0.2, 0.25) is 0 Å². The predicted octanol–water partition coefficient (Wildman–Crippen LogP) is 3.62. The van der Waals surface area contributed by atoms with Crippen molar-refractivity contribution in [1.29, 1.82) is 0 Å². The molecule has 1 aromatic carbocycles. The van der Waals surface area contributed by atoms with Crippen molar-refractivity contribution in [3.05, 3.63) is 56.9 Å². The van der Waals surface area contributed by atoms with Crippen molar-refractivity contribution < 1.29 is 29.1 Å². The normalized spacial score (nSPS) is 10.3. The van der Waals surface area contributed by atoms with Crippen molar-refractivity contribution in [1.82, 2.24) is 4.98 Å². The van der Waals surface area contributed by atoms with Crippen LogP contribution in [-0.4, -0.2) is 46.3 Å². The third-order valence-electron chi connectivity index (χ3n) is 3.98. The van der Waals surface area contributed by atoms with Gasteiger partial charge in [0.2, 0.25) is 0 Å². The van der Waals surface area contributed by atoms with Crippen LogP contribution in [0.25, 0.3) is 11.1 Å². The predicted molar refractivity (Wildman–Crippen MR) is 110 cm³/mol. The number of hydrogen-bond acceptors (Lipinski definition) is 8. The van der Waals surface area contributed by atoms with E-state index in [1.165, 1.54) is 18.2 Å². The number of aryl methyl sites for hydroxylation is 2. The molecule has 9 nitrogen and oxygen atoms in total. The number of benzene rings is 1. The molecule has 1 N–H and O–H groups in total. The minimum atomic E-state index is -0.802. The van der Waals surface area contributed by atoms with E-state index in [2.05, 4.69) is 4.98 Å². The molecular formula is C21H26N2O7. The minimum Gasteiger partial charge on any atom is -0.460 e. The highest BCUT2D eigenvalue weighted by molar-refractivity contribution is 6.07. The highest BCUT2D eigenvalue weighted by atomic mass is 16.6. The zero-order chi connectivity index (χ0) is 21.7. The summed E-state index contributed by atoms with van der Waals surface area (Å²) in [5, 5.41) is 20.2. The maximum absolute atomic E-state index is 12.8. The molecular weight excluding hydrogens is 392 g/mol. The summed E-state index contributed by atoms with van der Waals surface area (Å²) in [5.41, 5.74) is 0.835. The van der Waals surface area contributed by atoms with E-state index >= 15 is 0 Å². The Morgan fingerprint density at radius 1 is 1.17 bits per heavy atom. The van der Waals surface area contributed by atoms with E-state index in [1.807, 2.05) is 0 Å². The summed E-state index contributed by atoms with van der Waals surface area (Å²) in [6, 6.07) is 5.58. The molecule has 0 fully saturated rings. The van der Waals surface area contributed by atoms with Gasteiger partial charge in [-0.15, -0.1) is 0 Å². The van der Waals surface area contributed by atoms with Crippen molar-refractivity contribution in [3.63, 3.8) is 0 Å². The number of nitro benzene ring substituents is 1. The van der Waals surface area contributed by atoms with Crippen LogP contribution in [0.15, 0.2) is 24.3 Å². The number of aromatic nitrogens is 1. The van der Waals surface area contributed by atoms with E-state index < -0.39 is 23.0 Å². The van der Waals surface area contributed by atoms with Crippen LogP contribution in [0, 0.1) is 24.0 Å². The van der Waals surface area contributed by atoms with Gasteiger partial charge in [-0.25, -0.2) is 9.59 Å². The number of nitro groups is 1. The molecule has 30 heavy (non-hydrogen) atoms. The molecule has 0 saturated carbocycles. The van der Waals surface area contributed by atoms with Crippen LogP contribution in [-0.2, 0) is 9.47 Å². The second kappa shape index (κ2) is 10.4. The molecule has 2 rings (SSSR count). The standard InChI is InChI=1S/C20H22N2O7.CH4/c1-11(2)29-20(25)17-13(4)21-12(3)16(19(24)28-9-8-23)18(17)14-6-5-7-15(10-14)22(26)27;/h5-7,10-11,23H,8-9H2,1-4H3;1H4. The van der Waals surface area contributed by atoms with Gasteiger partial charge in [-0.1, -0.05) is 19.6 Å². The van der Waals surface area contributed by atoms with Gasteiger partial charge in [-0.3, -0.25) is 15.1 Å². The fourth-order valence-electron chi connectivity index (χ4n) is 2.90. The average molecular weight is 418 g/mol. The van der Waals surface area contributed by atoms with Crippen LogP contribution in [0.5, 0.6) is 0 Å². The first-order valence-corrected chi connectivity index (χ1v) is 8.92. The van der Waals surface area contributed by atoms with Gasteiger partial charge < -0.3 is 14.6 Å². The number of rotatable bonds is 7. The van der Waals surface area contributed by atoms with Gasteiger partial charge in [0, 0.05) is 17.7 Å². The Labute approximate surface area is 174 Å². The summed E-state index contributed by atoms with van der Waals surface area (Å²) in [6.45, 7) is 5.90. The first-order chi connectivity index (χ1) is 13.7. The third kappa shape index (κ3) is 5.38. The van der Waals surface area contributed by atoms with Crippen LogP contribution >= 0.6 is 0 Å². The lowest BCUT2D eigenvalue weighted by atomic mass is 9.92. The highest BCUT2D eigenvalue weighted by Crippen LogP contribution is 2.34. The molecule has 0 amide bonds. The van der Waals surface area contributed by atoms with Gasteiger partial charge in [-0.05, 0) is 33.3 Å². The number of non-ortho nitro benzene ring substituents is 1. The molecule has 0 aliphatic carbocycles.